The van der Waals surface area contributed by atoms with E-state index in [9.17, 15) is 22.8 Å². The third-order valence-electron chi connectivity index (χ3n) is 4.15. The zero-order chi connectivity index (χ0) is 20.0. The van der Waals surface area contributed by atoms with Gasteiger partial charge in [-0.2, -0.15) is 0 Å². The second-order valence-corrected chi connectivity index (χ2v) is 6.54. The van der Waals surface area contributed by atoms with Crippen LogP contribution < -0.4 is 9.64 Å². The Morgan fingerprint density at radius 1 is 1.19 bits per heavy atom. The number of ether oxygens (including phenoxy) is 1. The van der Waals surface area contributed by atoms with E-state index in [0.29, 0.717) is 11.5 Å². The highest BCUT2D eigenvalue weighted by Crippen LogP contribution is 2.34. The van der Waals surface area contributed by atoms with Crippen molar-refractivity contribution in [1.29, 1.82) is 0 Å². The molecular formula is C17H16F3N3O4. The van der Waals surface area contributed by atoms with Crippen molar-refractivity contribution < 1.29 is 32.0 Å². The van der Waals surface area contributed by atoms with Gasteiger partial charge in [0.1, 0.15) is 22.7 Å². The van der Waals surface area contributed by atoms with Gasteiger partial charge in [0.25, 0.3) is 5.91 Å². The third kappa shape index (κ3) is 3.60. The molecule has 2 aromatic rings. The van der Waals surface area contributed by atoms with Crippen LogP contribution in [0, 0.1) is 6.92 Å². The molecule has 7 nitrogen and oxygen atoms in total. The first-order chi connectivity index (χ1) is 12.5. The minimum atomic E-state index is -4.82. The van der Waals surface area contributed by atoms with Gasteiger partial charge in [0, 0.05) is 6.07 Å². The molecule has 3 amide bonds. The van der Waals surface area contributed by atoms with Gasteiger partial charge in [-0.1, -0.05) is 5.16 Å². The number of amides is 3. The van der Waals surface area contributed by atoms with Gasteiger partial charge in [0.15, 0.2) is 0 Å². The lowest BCUT2D eigenvalue weighted by Gasteiger charge is -2.26. The number of alkyl halides is 3. The SMILES string of the molecule is Cc1cc(CN2C(=O)N(c3ccc(OC(F)(F)F)cc3)C(=O)C2(C)C)no1. The molecule has 1 aromatic heterocycles. The van der Waals surface area contributed by atoms with E-state index >= 15 is 0 Å². The molecule has 0 atom stereocenters. The van der Waals surface area contributed by atoms with Crippen LogP contribution in [0.25, 0.3) is 0 Å². The molecule has 144 valence electrons. The van der Waals surface area contributed by atoms with E-state index in [-0.39, 0.29) is 12.2 Å². The van der Waals surface area contributed by atoms with Gasteiger partial charge >= 0.3 is 12.4 Å². The lowest BCUT2D eigenvalue weighted by atomic mass is 10.0. The quantitative estimate of drug-likeness (QED) is 0.754. The molecule has 1 aliphatic heterocycles. The molecule has 3 rings (SSSR count). The lowest BCUT2D eigenvalue weighted by Crippen LogP contribution is -2.43. The summed E-state index contributed by atoms with van der Waals surface area (Å²) in [5.41, 5.74) is -0.533. The maximum Gasteiger partial charge on any atom is 0.573 e. The van der Waals surface area contributed by atoms with Crippen molar-refractivity contribution in [3.8, 4) is 5.75 Å². The van der Waals surface area contributed by atoms with E-state index in [2.05, 4.69) is 9.89 Å². The van der Waals surface area contributed by atoms with Crippen LogP contribution >= 0.6 is 0 Å². The number of carbonyl (C=O) groups excluding carboxylic acids is 2. The van der Waals surface area contributed by atoms with Crippen molar-refractivity contribution in [2.24, 2.45) is 0 Å². The summed E-state index contributed by atoms with van der Waals surface area (Å²) >= 11 is 0. The van der Waals surface area contributed by atoms with Crippen molar-refractivity contribution in [3.63, 3.8) is 0 Å². The fraction of sp³-hybridized carbons (Fsp3) is 0.353. The van der Waals surface area contributed by atoms with Crippen molar-refractivity contribution in [2.45, 2.75) is 39.2 Å². The molecule has 1 aliphatic rings. The molecule has 0 spiro atoms. The van der Waals surface area contributed by atoms with Gasteiger partial charge in [-0.05, 0) is 45.0 Å². The normalized spacial score (nSPS) is 17.0. The monoisotopic (exact) mass is 383 g/mol. The lowest BCUT2D eigenvalue weighted by molar-refractivity contribution is -0.274. The van der Waals surface area contributed by atoms with E-state index in [4.69, 9.17) is 4.52 Å². The number of rotatable bonds is 4. The Balaban J connectivity index is 1.85. The molecule has 10 heteroatoms. The Bertz CT molecular complexity index is 874. The van der Waals surface area contributed by atoms with Crippen LogP contribution in [0.1, 0.15) is 25.3 Å². The summed E-state index contributed by atoms with van der Waals surface area (Å²) in [6.07, 6.45) is -4.82. The first kappa shape index (κ1) is 18.7. The molecule has 0 N–H and O–H groups in total. The molecule has 0 aliphatic carbocycles. The highest BCUT2D eigenvalue weighted by molar-refractivity contribution is 6.22. The summed E-state index contributed by atoms with van der Waals surface area (Å²) in [6, 6.07) is 5.57. The predicted molar refractivity (Wildman–Crippen MR) is 86.9 cm³/mol. The average molecular weight is 383 g/mol. The zero-order valence-corrected chi connectivity index (χ0v) is 14.7. The average Bonchev–Trinajstić information content (AvgIpc) is 3.03. The van der Waals surface area contributed by atoms with Crippen LogP contribution in [0.3, 0.4) is 0 Å². The zero-order valence-electron chi connectivity index (χ0n) is 14.7. The number of anilines is 1. The van der Waals surface area contributed by atoms with E-state index in [0.717, 1.165) is 17.0 Å². The Labute approximate surface area is 152 Å². The topological polar surface area (TPSA) is 75.9 Å². The number of benzene rings is 1. The maximum absolute atomic E-state index is 12.8. The first-order valence-corrected chi connectivity index (χ1v) is 7.93. The summed E-state index contributed by atoms with van der Waals surface area (Å²) < 4.78 is 45.6. The molecule has 0 radical (unpaired) electrons. The summed E-state index contributed by atoms with van der Waals surface area (Å²) in [5, 5.41) is 3.83. The molecule has 27 heavy (non-hydrogen) atoms. The summed E-state index contributed by atoms with van der Waals surface area (Å²) in [7, 11) is 0. The second-order valence-electron chi connectivity index (χ2n) is 6.54. The van der Waals surface area contributed by atoms with Crippen LogP contribution in [0.2, 0.25) is 0 Å². The van der Waals surface area contributed by atoms with E-state index in [1.165, 1.54) is 17.0 Å². The molecule has 0 unspecified atom stereocenters. The Morgan fingerprint density at radius 2 is 1.81 bits per heavy atom. The minimum Gasteiger partial charge on any atom is -0.406 e. The van der Waals surface area contributed by atoms with E-state index < -0.39 is 29.6 Å². The van der Waals surface area contributed by atoms with Crippen LogP contribution in [-0.2, 0) is 11.3 Å². The van der Waals surface area contributed by atoms with Crippen molar-refractivity contribution in [3.05, 3.63) is 41.8 Å². The smallest absolute Gasteiger partial charge is 0.406 e. The number of carbonyl (C=O) groups is 2. The number of nitrogens with zero attached hydrogens (tertiary/aromatic N) is 3. The number of aryl methyl sites for hydroxylation is 1. The molecule has 2 heterocycles. The third-order valence-corrected chi connectivity index (χ3v) is 4.15. The number of urea groups is 1. The van der Waals surface area contributed by atoms with Gasteiger partial charge in [0.05, 0.1) is 12.2 Å². The Hall–Kier alpha value is -3.04. The predicted octanol–water partition coefficient (Wildman–Crippen LogP) is 3.63. The number of imide groups is 1. The summed E-state index contributed by atoms with van der Waals surface area (Å²) in [4.78, 5) is 27.8. The van der Waals surface area contributed by atoms with Gasteiger partial charge in [-0.3, -0.25) is 4.79 Å². The van der Waals surface area contributed by atoms with Gasteiger partial charge < -0.3 is 14.2 Å². The van der Waals surface area contributed by atoms with E-state index in [1.807, 2.05) is 0 Å². The largest absolute Gasteiger partial charge is 0.573 e. The molecular weight excluding hydrogens is 367 g/mol. The van der Waals surface area contributed by atoms with Gasteiger partial charge in [-0.15, -0.1) is 13.2 Å². The standard InChI is InChI=1S/C17H16F3N3O4/c1-10-8-11(21-27-10)9-22-15(25)23(14(24)16(22,2)3)12-4-6-13(7-5-12)26-17(18,19)20/h4-8H,9H2,1-3H3. The fourth-order valence-electron chi connectivity index (χ4n) is 2.78. The van der Waals surface area contributed by atoms with Gasteiger partial charge in [-0.25, -0.2) is 9.69 Å². The molecule has 1 fully saturated rings. The number of hydrogen-bond donors (Lipinski definition) is 0. The van der Waals surface area contributed by atoms with Crippen molar-refractivity contribution in [2.75, 3.05) is 4.90 Å². The maximum atomic E-state index is 12.8. The highest BCUT2D eigenvalue weighted by Gasteiger charge is 2.52. The molecule has 0 saturated carbocycles. The molecule has 1 aromatic carbocycles. The van der Waals surface area contributed by atoms with Gasteiger partial charge in [0.2, 0.25) is 0 Å². The highest BCUT2D eigenvalue weighted by atomic mass is 19.4. The minimum absolute atomic E-state index is 0.0562. The first-order valence-electron chi connectivity index (χ1n) is 7.93. The number of halogens is 3. The van der Waals surface area contributed by atoms with Crippen molar-refractivity contribution >= 4 is 17.6 Å². The summed E-state index contributed by atoms with van der Waals surface area (Å²) in [5.74, 6) is -0.380. The summed E-state index contributed by atoms with van der Waals surface area (Å²) in [6.45, 7) is 4.93. The van der Waals surface area contributed by atoms with E-state index in [1.54, 1.807) is 26.8 Å². The molecule has 0 bridgehead atoms. The second kappa shape index (κ2) is 6.29. The molecule has 1 saturated heterocycles. The fourth-order valence-corrected chi connectivity index (χ4v) is 2.78. The van der Waals surface area contributed by atoms with Crippen molar-refractivity contribution in [1.82, 2.24) is 10.1 Å². The van der Waals surface area contributed by atoms with Crippen LogP contribution in [-0.4, -0.2) is 33.9 Å². The Morgan fingerprint density at radius 3 is 2.33 bits per heavy atom. The number of aromatic nitrogens is 1. The van der Waals surface area contributed by atoms with Crippen LogP contribution in [0.4, 0.5) is 23.7 Å². The van der Waals surface area contributed by atoms with Crippen LogP contribution in [0.15, 0.2) is 34.9 Å². The number of hydrogen-bond acceptors (Lipinski definition) is 5. The Kier molecular flexibility index (Phi) is 4.37. The van der Waals surface area contributed by atoms with Crippen LogP contribution in [0.5, 0.6) is 5.75 Å².